The minimum Gasteiger partial charge on any atom is -0.381 e. The molecular formula is C24H29N3O5S. The molecule has 2 aromatic rings. The zero-order valence-electron chi connectivity index (χ0n) is 18.8. The van der Waals surface area contributed by atoms with Crippen LogP contribution in [0.15, 0.2) is 36.0 Å². The molecule has 0 bridgehead atoms. The number of carbonyl (C=O) groups is 3. The van der Waals surface area contributed by atoms with Gasteiger partial charge in [-0.15, -0.1) is 11.3 Å². The van der Waals surface area contributed by atoms with Crippen LogP contribution in [-0.2, 0) is 20.9 Å². The molecule has 2 aliphatic heterocycles. The van der Waals surface area contributed by atoms with E-state index in [-0.39, 0.29) is 30.2 Å². The van der Waals surface area contributed by atoms with Crippen molar-refractivity contribution in [1.29, 1.82) is 0 Å². The summed E-state index contributed by atoms with van der Waals surface area (Å²) in [5.74, 6) is -0.0235. The molecule has 0 unspecified atom stereocenters. The van der Waals surface area contributed by atoms with Crippen LogP contribution in [0, 0.1) is 5.92 Å². The maximum atomic E-state index is 13.2. The molecule has 2 fully saturated rings. The predicted octanol–water partition coefficient (Wildman–Crippen LogP) is 2.64. The molecule has 9 heteroatoms. The quantitative estimate of drug-likeness (QED) is 0.577. The number of nitrogens with zero attached hydrogens (tertiary/aromatic N) is 3. The first-order chi connectivity index (χ1) is 16.0. The van der Waals surface area contributed by atoms with Crippen molar-refractivity contribution in [3.05, 3.63) is 52.0 Å². The molecule has 4 rings (SSSR count). The number of aromatic nitrogens is 1. The van der Waals surface area contributed by atoms with Gasteiger partial charge in [-0.2, -0.15) is 0 Å². The molecule has 8 nitrogen and oxygen atoms in total. The Morgan fingerprint density at radius 2 is 2.09 bits per heavy atom. The Balaban J connectivity index is 1.49. The number of pyridine rings is 1. The highest BCUT2D eigenvalue weighted by atomic mass is 32.1. The summed E-state index contributed by atoms with van der Waals surface area (Å²) in [4.78, 5) is 46.1. The largest absolute Gasteiger partial charge is 0.381 e. The zero-order chi connectivity index (χ0) is 23.2. The van der Waals surface area contributed by atoms with Crippen LogP contribution in [0.4, 0.5) is 0 Å². The van der Waals surface area contributed by atoms with E-state index in [2.05, 4.69) is 4.98 Å². The molecule has 1 atom stereocenters. The van der Waals surface area contributed by atoms with Crippen LogP contribution in [0.1, 0.15) is 45.4 Å². The second-order valence-electron chi connectivity index (χ2n) is 8.59. The molecule has 0 saturated carbocycles. The van der Waals surface area contributed by atoms with E-state index in [0.717, 1.165) is 31.6 Å². The van der Waals surface area contributed by atoms with Crippen LogP contribution >= 0.6 is 11.3 Å². The smallest absolute Gasteiger partial charge is 0.255 e. The Morgan fingerprint density at radius 1 is 1.27 bits per heavy atom. The first-order valence-electron chi connectivity index (χ1n) is 11.2. The van der Waals surface area contributed by atoms with Gasteiger partial charge in [-0.25, -0.2) is 0 Å². The van der Waals surface area contributed by atoms with Crippen molar-refractivity contribution >= 4 is 28.9 Å². The summed E-state index contributed by atoms with van der Waals surface area (Å²) in [6.07, 6.45) is 4.98. The van der Waals surface area contributed by atoms with Crippen LogP contribution in [0.25, 0.3) is 0 Å². The number of amides is 2. The third-order valence-corrected chi connectivity index (χ3v) is 7.07. The van der Waals surface area contributed by atoms with Crippen molar-refractivity contribution in [2.75, 3.05) is 39.4 Å². The molecule has 2 saturated heterocycles. The van der Waals surface area contributed by atoms with E-state index in [0.29, 0.717) is 42.6 Å². The Labute approximate surface area is 197 Å². The van der Waals surface area contributed by atoms with Gasteiger partial charge in [0, 0.05) is 50.6 Å². The minimum atomic E-state index is -0.327. The summed E-state index contributed by atoms with van der Waals surface area (Å²) in [6, 6.07) is 5.40. The van der Waals surface area contributed by atoms with Gasteiger partial charge < -0.3 is 19.3 Å². The van der Waals surface area contributed by atoms with Gasteiger partial charge in [0.15, 0.2) is 5.78 Å². The van der Waals surface area contributed by atoms with Crippen LogP contribution in [0.5, 0.6) is 0 Å². The highest BCUT2D eigenvalue weighted by Crippen LogP contribution is 2.21. The van der Waals surface area contributed by atoms with E-state index in [1.54, 1.807) is 28.7 Å². The van der Waals surface area contributed by atoms with Crippen LogP contribution in [0.2, 0.25) is 0 Å². The normalized spacial score (nSPS) is 20.0. The second kappa shape index (κ2) is 11.0. The van der Waals surface area contributed by atoms with Crippen molar-refractivity contribution in [1.82, 2.24) is 14.8 Å². The van der Waals surface area contributed by atoms with Crippen molar-refractivity contribution < 1.29 is 23.9 Å². The summed E-state index contributed by atoms with van der Waals surface area (Å²) >= 11 is 1.25. The summed E-state index contributed by atoms with van der Waals surface area (Å²) in [7, 11) is 0. The Kier molecular flexibility index (Phi) is 7.85. The topological polar surface area (TPSA) is 89.0 Å². The lowest BCUT2D eigenvalue weighted by molar-refractivity contribution is -0.132. The fourth-order valence-electron chi connectivity index (χ4n) is 4.17. The van der Waals surface area contributed by atoms with Gasteiger partial charge in [-0.3, -0.25) is 19.4 Å². The van der Waals surface area contributed by atoms with Crippen LogP contribution in [-0.4, -0.2) is 77.9 Å². The zero-order valence-corrected chi connectivity index (χ0v) is 19.6. The van der Waals surface area contributed by atoms with Gasteiger partial charge in [0.2, 0.25) is 5.91 Å². The first kappa shape index (κ1) is 23.5. The summed E-state index contributed by atoms with van der Waals surface area (Å²) in [6.45, 7) is 4.65. The molecule has 33 heavy (non-hydrogen) atoms. The number of ether oxygens (including phenoxy) is 2. The lowest BCUT2D eigenvalue weighted by atomic mass is 9.99. The number of ketones is 1. The third-order valence-electron chi connectivity index (χ3n) is 6.04. The number of hydrogen-bond acceptors (Lipinski definition) is 7. The molecule has 176 valence electrons. The van der Waals surface area contributed by atoms with Crippen LogP contribution in [0.3, 0.4) is 0 Å². The molecule has 0 radical (unpaired) electrons. The van der Waals surface area contributed by atoms with Gasteiger partial charge >= 0.3 is 0 Å². The summed E-state index contributed by atoms with van der Waals surface area (Å²) in [5, 5.41) is 1.68. The predicted molar refractivity (Wildman–Crippen MR) is 123 cm³/mol. The fourth-order valence-corrected chi connectivity index (χ4v) is 4.95. The number of carbonyl (C=O) groups excluding carboxylic acids is 3. The average Bonchev–Trinajstić information content (AvgIpc) is 3.27. The van der Waals surface area contributed by atoms with Gasteiger partial charge in [-0.1, -0.05) is 6.07 Å². The van der Waals surface area contributed by atoms with Gasteiger partial charge in [0.05, 0.1) is 23.2 Å². The minimum absolute atomic E-state index is 0.0000568. The summed E-state index contributed by atoms with van der Waals surface area (Å²) < 4.78 is 11.6. The van der Waals surface area contributed by atoms with Crippen molar-refractivity contribution in [3.63, 3.8) is 0 Å². The fraction of sp³-hybridized carbons (Fsp3) is 0.500. The van der Waals surface area contributed by atoms with E-state index >= 15 is 0 Å². The number of Topliss-reactive ketones (excluding diaryl/α,β-unsaturated/α-hetero) is 1. The highest BCUT2D eigenvalue weighted by Gasteiger charge is 2.33. The van der Waals surface area contributed by atoms with Crippen molar-refractivity contribution in [2.24, 2.45) is 5.92 Å². The van der Waals surface area contributed by atoms with E-state index in [1.807, 2.05) is 17.0 Å². The molecule has 2 aromatic heterocycles. The van der Waals surface area contributed by atoms with Crippen LogP contribution < -0.4 is 0 Å². The molecular weight excluding hydrogens is 442 g/mol. The van der Waals surface area contributed by atoms with E-state index in [4.69, 9.17) is 9.47 Å². The molecule has 4 heterocycles. The number of thiophene rings is 1. The average molecular weight is 472 g/mol. The number of hydrogen-bond donors (Lipinski definition) is 0. The molecule has 2 aliphatic rings. The first-order valence-corrected chi connectivity index (χ1v) is 12.1. The standard InChI is InChI=1S/C24H29N3O5S/c1-17(28)22-9-20(16-33-22)24(30)27-13-21(32-15-19-3-2-6-25-10-19)12-26(23(29)14-27)11-18-4-7-31-8-5-18/h2-3,6,9-10,16,18,21H,4-5,7-8,11-15H2,1H3/t21-/m0/s1. The van der Waals surface area contributed by atoms with Gasteiger partial charge in [-0.05, 0) is 43.4 Å². The monoisotopic (exact) mass is 471 g/mol. The molecule has 0 N–H and O–H groups in total. The third kappa shape index (κ3) is 6.25. The molecule has 0 spiro atoms. The number of rotatable bonds is 7. The maximum absolute atomic E-state index is 13.2. The maximum Gasteiger partial charge on any atom is 0.255 e. The van der Waals surface area contributed by atoms with E-state index in [1.165, 1.54) is 18.3 Å². The lowest BCUT2D eigenvalue weighted by Crippen LogP contribution is -2.42. The SMILES string of the molecule is CC(=O)c1cc(C(=O)N2CC(=O)N(CC3CCOCC3)C[C@H](OCc3cccnc3)C2)cs1. The Bertz CT molecular complexity index is 973. The van der Waals surface area contributed by atoms with E-state index < -0.39 is 0 Å². The summed E-state index contributed by atoms with van der Waals surface area (Å²) in [5.41, 5.74) is 1.37. The van der Waals surface area contributed by atoms with Crippen molar-refractivity contribution in [2.45, 2.75) is 32.5 Å². The van der Waals surface area contributed by atoms with Gasteiger partial charge in [0.1, 0.15) is 6.54 Å². The Morgan fingerprint density at radius 3 is 2.79 bits per heavy atom. The molecule has 0 aromatic carbocycles. The molecule has 0 aliphatic carbocycles. The lowest BCUT2D eigenvalue weighted by Gasteiger charge is -2.30. The Hall–Kier alpha value is -2.62. The van der Waals surface area contributed by atoms with E-state index in [9.17, 15) is 14.4 Å². The van der Waals surface area contributed by atoms with Gasteiger partial charge in [0.25, 0.3) is 5.91 Å². The highest BCUT2D eigenvalue weighted by molar-refractivity contribution is 7.12. The van der Waals surface area contributed by atoms with Crippen molar-refractivity contribution in [3.8, 4) is 0 Å². The second-order valence-corrected chi connectivity index (χ2v) is 9.50. The molecule has 2 amide bonds.